The lowest BCUT2D eigenvalue weighted by atomic mass is 9.84. The van der Waals surface area contributed by atoms with Crippen LogP contribution in [0.5, 0.6) is 0 Å². The highest BCUT2D eigenvalue weighted by Gasteiger charge is 2.34. The minimum atomic E-state index is 0.348. The molecule has 0 aliphatic carbocycles. The van der Waals surface area contributed by atoms with Crippen LogP contribution in [0.3, 0.4) is 0 Å². The predicted octanol–water partition coefficient (Wildman–Crippen LogP) is 2.26. The zero-order chi connectivity index (χ0) is 13.2. The van der Waals surface area contributed by atoms with E-state index < -0.39 is 0 Å². The quantitative estimate of drug-likeness (QED) is 0.814. The van der Waals surface area contributed by atoms with Crippen molar-refractivity contribution in [3.8, 4) is 0 Å². The van der Waals surface area contributed by atoms with E-state index >= 15 is 0 Å². The normalized spacial score (nSPS) is 30.7. The Labute approximate surface area is 112 Å². The van der Waals surface area contributed by atoms with E-state index in [1.165, 1.54) is 25.8 Å². The number of hydrogen-bond acceptors (Lipinski definition) is 3. The maximum absolute atomic E-state index is 5.89. The molecule has 3 unspecified atom stereocenters. The zero-order valence-corrected chi connectivity index (χ0v) is 12.5. The van der Waals surface area contributed by atoms with Gasteiger partial charge in [-0.1, -0.05) is 27.7 Å². The van der Waals surface area contributed by atoms with Gasteiger partial charge in [-0.05, 0) is 37.8 Å². The van der Waals surface area contributed by atoms with Crippen LogP contribution in [0.2, 0.25) is 0 Å². The molecule has 3 heteroatoms. The van der Waals surface area contributed by atoms with E-state index in [2.05, 4.69) is 37.9 Å². The average Bonchev–Trinajstić information content (AvgIpc) is 2.62. The van der Waals surface area contributed by atoms with Gasteiger partial charge in [-0.25, -0.2) is 0 Å². The number of nitrogens with zero attached hydrogens (tertiary/aromatic N) is 1. The number of nitrogens with one attached hydrogen (secondary N) is 1. The third-order valence-electron chi connectivity index (χ3n) is 4.35. The van der Waals surface area contributed by atoms with Crippen LogP contribution in [0.4, 0.5) is 0 Å². The first-order valence-electron chi connectivity index (χ1n) is 7.60. The van der Waals surface area contributed by atoms with Gasteiger partial charge >= 0.3 is 0 Å². The smallest absolute Gasteiger partial charge is 0.0707 e. The first-order chi connectivity index (χ1) is 8.49. The van der Waals surface area contributed by atoms with E-state index in [1.54, 1.807) is 0 Å². The van der Waals surface area contributed by atoms with Gasteiger partial charge in [-0.3, -0.25) is 4.90 Å². The first-order valence-corrected chi connectivity index (χ1v) is 7.60. The van der Waals surface area contributed by atoms with Crippen LogP contribution in [-0.4, -0.2) is 49.3 Å². The molecule has 0 aromatic heterocycles. The highest BCUT2D eigenvalue weighted by atomic mass is 16.5. The summed E-state index contributed by atoms with van der Waals surface area (Å²) < 4.78 is 5.89. The minimum Gasteiger partial charge on any atom is -0.372 e. The summed E-state index contributed by atoms with van der Waals surface area (Å²) in [5.41, 5.74) is 0.348. The number of hydrogen-bond donors (Lipinski definition) is 1. The molecule has 2 bridgehead atoms. The lowest BCUT2D eigenvalue weighted by molar-refractivity contribution is -0.0398. The van der Waals surface area contributed by atoms with Gasteiger partial charge in [0.15, 0.2) is 0 Å². The summed E-state index contributed by atoms with van der Waals surface area (Å²) in [6.07, 6.45) is 4.84. The van der Waals surface area contributed by atoms with Gasteiger partial charge in [-0.15, -0.1) is 0 Å². The Balaban J connectivity index is 1.79. The van der Waals surface area contributed by atoms with Crippen molar-refractivity contribution in [1.29, 1.82) is 0 Å². The Morgan fingerprint density at radius 2 is 1.83 bits per heavy atom. The number of ether oxygens (including phenoxy) is 1. The highest BCUT2D eigenvalue weighted by Crippen LogP contribution is 2.27. The molecule has 106 valence electrons. The molecule has 0 amide bonds. The lowest BCUT2D eigenvalue weighted by Crippen LogP contribution is -2.47. The van der Waals surface area contributed by atoms with Gasteiger partial charge in [0.1, 0.15) is 0 Å². The van der Waals surface area contributed by atoms with Crippen LogP contribution in [0.15, 0.2) is 0 Å². The lowest BCUT2D eigenvalue weighted by Gasteiger charge is -2.36. The van der Waals surface area contributed by atoms with Gasteiger partial charge in [0.05, 0.1) is 12.2 Å². The van der Waals surface area contributed by atoms with Crippen LogP contribution in [0.1, 0.15) is 47.0 Å². The average molecular weight is 254 g/mol. The van der Waals surface area contributed by atoms with Crippen LogP contribution in [-0.2, 0) is 4.74 Å². The predicted molar refractivity (Wildman–Crippen MR) is 75.9 cm³/mol. The molecule has 0 aromatic carbocycles. The number of rotatable bonds is 5. The maximum Gasteiger partial charge on any atom is 0.0707 e. The molecule has 1 N–H and O–H groups in total. The fourth-order valence-corrected chi connectivity index (χ4v) is 3.28. The van der Waals surface area contributed by atoms with Crippen LogP contribution < -0.4 is 5.32 Å². The molecule has 0 spiro atoms. The molecule has 2 saturated heterocycles. The molecular formula is C15H30N2O. The molecular weight excluding hydrogens is 224 g/mol. The highest BCUT2D eigenvalue weighted by molar-refractivity contribution is 4.87. The third kappa shape index (κ3) is 3.69. The summed E-state index contributed by atoms with van der Waals surface area (Å²) in [6, 6.07) is 0.614. The Hall–Kier alpha value is -0.120. The van der Waals surface area contributed by atoms with Crippen molar-refractivity contribution < 1.29 is 4.74 Å². The molecule has 2 heterocycles. The molecule has 18 heavy (non-hydrogen) atoms. The molecule has 0 saturated carbocycles. The standard InChI is InChI=1S/C15H30N2O/c1-5-16-14(15(2,3)4)8-9-17-10-12-6-7-13(11-17)18-12/h12-14,16H,5-11H2,1-4H3. The zero-order valence-electron chi connectivity index (χ0n) is 12.5. The van der Waals surface area contributed by atoms with Crippen molar-refractivity contribution >= 4 is 0 Å². The van der Waals surface area contributed by atoms with Crippen molar-refractivity contribution in [3.63, 3.8) is 0 Å². The van der Waals surface area contributed by atoms with Crippen molar-refractivity contribution in [2.45, 2.75) is 65.2 Å². The SMILES string of the molecule is CCNC(CCN1CC2CCC(C1)O2)C(C)(C)C. The Morgan fingerprint density at radius 1 is 1.22 bits per heavy atom. The topological polar surface area (TPSA) is 24.5 Å². The first kappa shape index (κ1) is 14.3. The molecule has 3 atom stereocenters. The molecule has 3 nitrogen and oxygen atoms in total. The molecule has 0 aromatic rings. The minimum absolute atomic E-state index is 0.348. The Kier molecular flexibility index (Phi) is 4.68. The number of fused-ring (bicyclic) bond motifs is 2. The van der Waals surface area contributed by atoms with Gasteiger partial charge in [0.2, 0.25) is 0 Å². The monoisotopic (exact) mass is 254 g/mol. The van der Waals surface area contributed by atoms with Crippen LogP contribution in [0.25, 0.3) is 0 Å². The largest absolute Gasteiger partial charge is 0.372 e. The molecule has 2 aliphatic rings. The van der Waals surface area contributed by atoms with Crippen molar-refractivity contribution in [1.82, 2.24) is 10.2 Å². The molecule has 2 rings (SSSR count). The van der Waals surface area contributed by atoms with Crippen molar-refractivity contribution in [2.75, 3.05) is 26.2 Å². The number of morpholine rings is 1. The van der Waals surface area contributed by atoms with E-state index in [0.29, 0.717) is 23.7 Å². The molecule has 0 radical (unpaired) electrons. The number of likely N-dealkylation sites (tertiary alicyclic amines) is 1. The van der Waals surface area contributed by atoms with Crippen LogP contribution in [0, 0.1) is 5.41 Å². The molecule has 2 aliphatic heterocycles. The summed E-state index contributed by atoms with van der Waals surface area (Å²) in [5, 5.41) is 3.64. The summed E-state index contributed by atoms with van der Waals surface area (Å²) in [4.78, 5) is 2.61. The second-order valence-electron chi connectivity index (χ2n) is 6.98. The van der Waals surface area contributed by atoms with Crippen LogP contribution >= 0.6 is 0 Å². The van der Waals surface area contributed by atoms with E-state index in [9.17, 15) is 0 Å². The summed E-state index contributed by atoms with van der Waals surface area (Å²) in [5.74, 6) is 0. The summed E-state index contributed by atoms with van der Waals surface area (Å²) >= 11 is 0. The fraction of sp³-hybridized carbons (Fsp3) is 1.00. The van der Waals surface area contributed by atoms with E-state index in [-0.39, 0.29) is 0 Å². The van der Waals surface area contributed by atoms with Gasteiger partial charge in [0.25, 0.3) is 0 Å². The van der Waals surface area contributed by atoms with E-state index in [1.807, 2.05) is 0 Å². The second-order valence-corrected chi connectivity index (χ2v) is 6.98. The third-order valence-corrected chi connectivity index (χ3v) is 4.35. The van der Waals surface area contributed by atoms with Crippen molar-refractivity contribution in [2.24, 2.45) is 5.41 Å². The summed E-state index contributed by atoms with van der Waals surface area (Å²) in [7, 11) is 0. The Morgan fingerprint density at radius 3 is 2.33 bits per heavy atom. The Bertz CT molecular complexity index is 250. The summed E-state index contributed by atoms with van der Waals surface area (Å²) in [6.45, 7) is 13.8. The van der Waals surface area contributed by atoms with E-state index in [0.717, 1.165) is 19.6 Å². The fourth-order valence-electron chi connectivity index (χ4n) is 3.28. The molecule has 2 fully saturated rings. The van der Waals surface area contributed by atoms with E-state index in [4.69, 9.17) is 4.74 Å². The van der Waals surface area contributed by atoms with Gasteiger partial charge in [-0.2, -0.15) is 0 Å². The maximum atomic E-state index is 5.89. The second kappa shape index (κ2) is 5.89. The van der Waals surface area contributed by atoms with Gasteiger partial charge in [0, 0.05) is 19.1 Å². The van der Waals surface area contributed by atoms with Gasteiger partial charge < -0.3 is 10.1 Å². The van der Waals surface area contributed by atoms with Crippen molar-refractivity contribution in [3.05, 3.63) is 0 Å².